The molecule has 56 valence electrons. The van der Waals surface area contributed by atoms with Gasteiger partial charge in [0, 0.05) is 13.0 Å². The lowest BCUT2D eigenvalue weighted by Crippen LogP contribution is -2.32. The highest BCUT2D eigenvalue weighted by atomic mass is 15.5. The van der Waals surface area contributed by atoms with Gasteiger partial charge in [-0.1, -0.05) is 13.8 Å². The summed E-state index contributed by atoms with van der Waals surface area (Å²) >= 11 is 0. The molecule has 1 heterocycles. The van der Waals surface area contributed by atoms with E-state index in [9.17, 15) is 0 Å². The topological polar surface area (TPSA) is 40.3 Å². The van der Waals surface area contributed by atoms with Gasteiger partial charge in [0.2, 0.25) is 0 Å². The predicted octanol–water partition coefficient (Wildman–Crippen LogP) is 1.31. The van der Waals surface area contributed by atoms with Gasteiger partial charge in [0.15, 0.2) is 0 Å². The summed E-state index contributed by atoms with van der Waals surface area (Å²) < 4.78 is 0. The molecule has 0 amide bonds. The summed E-state index contributed by atoms with van der Waals surface area (Å²) in [6.07, 6.45) is 0. The molecular formula is C6H12N4. The summed E-state index contributed by atoms with van der Waals surface area (Å²) in [5.41, 5.74) is 0. The van der Waals surface area contributed by atoms with Crippen LogP contribution < -0.4 is 0 Å². The molecule has 1 aliphatic rings. The van der Waals surface area contributed by atoms with Gasteiger partial charge >= 0.3 is 0 Å². The smallest absolute Gasteiger partial charge is 0.134 e. The van der Waals surface area contributed by atoms with Gasteiger partial charge in [-0.05, 0) is 5.22 Å². The molecule has 0 aromatic heterocycles. The molecule has 0 radical (unpaired) electrons. The Bertz CT molecular complexity index is 171. The first-order chi connectivity index (χ1) is 4.72. The third-order valence-corrected chi connectivity index (χ3v) is 1.39. The van der Waals surface area contributed by atoms with Crippen LogP contribution in [0.15, 0.2) is 15.4 Å². The van der Waals surface area contributed by atoms with Crippen LogP contribution in [0.2, 0.25) is 0 Å². The van der Waals surface area contributed by atoms with Crippen LogP contribution in [-0.4, -0.2) is 24.5 Å². The van der Waals surface area contributed by atoms with Crippen LogP contribution in [0.1, 0.15) is 13.8 Å². The number of hydrogen-bond acceptors (Lipinski definition) is 4. The zero-order valence-corrected chi connectivity index (χ0v) is 6.57. The van der Waals surface area contributed by atoms with E-state index < -0.39 is 0 Å². The largest absolute Gasteiger partial charge is 0.340 e. The molecule has 0 N–H and O–H groups in total. The van der Waals surface area contributed by atoms with Crippen LogP contribution in [0, 0.1) is 5.92 Å². The van der Waals surface area contributed by atoms with E-state index in [4.69, 9.17) is 0 Å². The van der Waals surface area contributed by atoms with E-state index in [1.165, 1.54) is 0 Å². The molecule has 1 aliphatic heterocycles. The Morgan fingerprint density at radius 2 is 2.20 bits per heavy atom. The lowest BCUT2D eigenvalue weighted by molar-refractivity contribution is 0.456. The molecule has 0 saturated heterocycles. The average molecular weight is 140 g/mol. The third kappa shape index (κ3) is 1.32. The van der Waals surface area contributed by atoms with E-state index in [-0.39, 0.29) is 0 Å². The zero-order valence-electron chi connectivity index (χ0n) is 6.57. The van der Waals surface area contributed by atoms with Gasteiger partial charge < -0.3 is 4.90 Å². The number of hydrogen-bond donors (Lipinski definition) is 0. The molecule has 0 fully saturated rings. The van der Waals surface area contributed by atoms with Crippen molar-refractivity contribution in [3.63, 3.8) is 0 Å². The van der Waals surface area contributed by atoms with E-state index in [1.54, 1.807) is 0 Å². The highest BCUT2D eigenvalue weighted by Gasteiger charge is 2.12. The van der Waals surface area contributed by atoms with Crippen molar-refractivity contribution in [3.8, 4) is 0 Å². The SMILES string of the molecule is CC(C)C1=NN=NCN1C. The third-order valence-electron chi connectivity index (χ3n) is 1.39. The van der Waals surface area contributed by atoms with Crippen molar-refractivity contribution >= 4 is 5.84 Å². The minimum absolute atomic E-state index is 0.434. The summed E-state index contributed by atoms with van der Waals surface area (Å²) in [6.45, 7) is 4.82. The molecule has 0 aliphatic carbocycles. The molecule has 0 aromatic rings. The average Bonchev–Trinajstić information content (AvgIpc) is 1.88. The van der Waals surface area contributed by atoms with Crippen LogP contribution in [-0.2, 0) is 0 Å². The van der Waals surface area contributed by atoms with Gasteiger partial charge in [-0.2, -0.15) is 0 Å². The summed E-state index contributed by atoms with van der Waals surface area (Å²) in [6, 6.07) is 0. The van der Waals surface area contributed by atoms with E-state index in [0.717, 1.165) is 5.84 Å². The van der Waals surface area contributed by atoms with Crippen molar-refractivity contribution in [2.75, 3.05) is 13.7 Å². The molecule has 10 heavy (non-hydrogen) atoms. The van der Waals surface area contributed by atoms with Crippen LogP contribution in [0.4, 0.5) is 0 Å². The molecule has 0 saturated carbocycles. The molecular weight excluding hydrogens is 128 g/mol. The highest BCUT2D eigenvalue weighted by Crippen LogP contribution is 2.06. The standard InChI is InChI=1S/C6H12N4/c1-5(2)6-8-9-7-4-10(6)3/h5H,4H2,1-3H3. The second kappa shape index (κ2) is 2.77. The first-order valence-electron chi connectivity index (χ1n) is 3.37. The first kappa shape index (κ1) is 7.18. The molecule has 0 aromatic carbocycles. The molecule has 0 unspecified atom stereocenters. The fourth-order valence-electron chi connectivity index (χ4n) is 0.906. The second-order valence-corrected chi connectivity index (χ2v) is 2.68. The summed E-state index contributed by atoms with van der Waals surface area (Å²) in [5, 5.41) is 11.3. The molecule has 4 nitrogen and oxygen atoms in total. The quantitative estimate of drug-likeness (QED) is 0.541. The van der Waals surface area contributed by atoms with Crippen LogP contribution >= 0.6 is 0 Å². The van der Waals surface area contributed by atoms with Crippen molar-refractivity contribution in [1.29, 1.82) is 0 Å². The van der Waals surface area contributed by atoms with E-state index >= 15 is 0 Å². The maximum atomic E-state index is 3.91. The van der Waals surface area contributed by atoms with Gasteiger partial charge in [0.05, 0.1) is 0 Å². The van der Waals surface area contributed by atoms with Gasteiger partial charge in [0.1, 0.15) is 12.5 Å². The molecule has 0 bridgehead atoms. The number of rotatable bonds is 1. The van der Waals surface area contributed by atoms with Crippen molar-refractivity contribution in [3.05, 3.63) is 0 Å². The lowest BCUT2D eigenvalue weighted by atomic mass is 10.2. The number of amidine groups is 1. The normalized spacial score (nSPS) is 18.0. The minimum atomic E-state index is 0.434. The summed E-state index contributed by atoms with van der Waals surface area (Å²) in [7, 11) is 1.97. The Labute approximate surface area is 60.6 Å². The maximum Gasteiger partial charge on any atom is 0.134 e. The van der Waals surface area contributed by atoms with Gasteiger partial charge in [0.25, 0.3) is 0 Å². The fraction of sp³-hybridized carbons (Fsp3) is 0.833. The molecule has 0 spiro atoms. The minimum Gasteiger partial charge on any atom is -0.340 e. The van der Waals surface area contributed by atoms with Crippen LogP contribution in [0.3, 0.4) is 0 Å². The van der Waals surface area contributed by atoms with E-state index in [1.807, 2.05) is 11.9 Å². The molecule has 0 atom stereocenters. The number of nitrogens with zero attached hydrogens (tertiary/aromatic N) is 4. The van der Waals surface area contributed by atoms with Crippen molar-refractivity contribution in [1.82, 2.24) is 4.90 Å². The maximum absolute atomic E-state index is 3.91. The first-order valence-corrected chi connectivity index (χ1v) is 3.37. The van der Waals surface area contributed by atoms with Crippen LogP contribution in [0.25, 0.3) is 0 Å². The fourth-order valence-corrected chi connectivity index (χ4v) is 0.906. The van der Waals surface area contributed by atoms with Crippen molar-refractivity contribution in [2.45, 2.75) is 13.8 Å². The van der Waals surface area contributed by atoms with Crippen LogP contribution in [0.5, 0.6) is 0 Å². The second-order valence-electron chi connectivity index (χ2n) is 2.68. The Morgan fingerprint density at radius 3 is 2.60 bits per heavy atom. The Hall–Kier alpha value is -0.930. The Morgan fingerprint density at radius 1 is 1.50 bits per heavy atom. The van der Waals surface area contributed by atoms with Gasteiger partial charge in [-0.3, -0.25) is 0 Å². The van der Waals surface area contributed by atoms with E-state index in [0.29, 0.717) is 12.6 Å². The summed E-state index contributed by atoms with van der Waals surface area (Å²) in [5.74, 6) is 1.44. The Balaban J connectivity index is 2.70. The van der Waals surface area contributed by atoms with Gasteiger partial charge in [-0.25, -0.2) is 0 Å². The van der Waals surface area contributed by atoms with Crippen molar-refractivity contribution in [2.24, 2.45) is 21.4 Å². The zero-order chi connectivity index (χ0) is 7.56. The van der Waals surface area contributed by atoms with Crippen molar-refractivity contribution < 1.29 is 0 Å². The monoisotopic (exact) mass is 140 g/mol. The predicted molar refractivity (Wildman–Crippen MR) is 39.8 cm³/mol. The van der Waals surface area contributed by atoms with Gasteiger partial charge in [-0.15, -0.1) is 10.2 Å². The molecule has 1 rings (SSSR count). The lowest BCUT2D eigenvalue weighted by Gasteiger charge is -2.21. The van der Waals surface area contributed by atoms with E-state index in [2.05, 4.69) is 29.3 Å². The molecule has 4 heteroatoms. The highest BCUT2D eigenvalue weighted by molar-refractivity contribution is 5.83. The Kier molecular flexibility index (Phi) is 1.99. The summed E-state index contributed by atoms with van der Waals surface area (Å²) in [4.78, 5) is 2.00.